The van der Waals surface area contributed by atoms with Crippen molar-refractivity contribution in [3.63, 3.8) is 0 Å². The molecule has 2 heteroatoms. The normalized spacial score (nSPS) is 43.4. The van der Waals surface area contributed by atoms with Crippen molar-refractivity contribution in [1.29, 1.82) is 5.26 Å². The highest BCUT2D eigenvalue weighted by Crippen LogP contribution is 2.64. The van der Waals surface area contributed by atoms with E-state index in [1.807, 2.05) is 6.92 Å². The Morgan fingerprint density at radius 3 is 2.80 bits per heavy atom. The zero-order valence-electron chi connectivity index (χ0n) is 15.8. The number of fused-ring (bicyclic) bond motifs is 5. The van der Waals surface area contributed by atoms with E-state index in [1.54, 1.807) is 0 Å². The van der Waals surface area contributed by atoms with E-state index in [9.17, 15) is 10.1 Å². The van der Waals surface area contributed by atoms with Crippen LogP contribution >= 0.6 is 0 Å². The summed E-state index contributed by atoms with van der Waals surface area (Å²) in [6.07, 6.45) is 13.9. The lowest BCUT2D eigenvalue weighted by Crippen LogP contribution is -2.44. The van der Waals surface area contributed by atoms with Crippen molar-refractivity contribution in [2.75, 3.05) is 0 Å². The molecule has 0 saturated heterocycles. The molecule has 0 aromatic carbocycles. The summed E-state index contributed by atoms with van der Waals surface area (Å²) in [6, 6.07) is 2.46. The number of ketones is 1. The Balaban J connectivity index is 1.71. The minimum absolute atomic E-state index is 0.149. The lowest BCUT2D eigenvalue weighted by molar-refractivity contribution is -0.134. The third-order valence-corrected chi connectivity index (χ3v) is 7.78. The Labute approximate surface area is 151 Å². The molecule has 5 atom stereocenters. The van der Waals surface area contributed by atoms with Crippen LogP contribution in [0.15, 0.2) is 34.9 Å². The second-order valence-electron chi connectivity index (χ2n) is 9.09. The minimum Gasteiger partial charge on any atom is -0.298 e. The van der Waals surface area contributed by atoms with E-state index in [4.69, 9.17) is 0 Å². The second kappa shape index (κ2) is 5.70. The van der Waals surface area contributed by atoms with E-state index < -0.39 is 0 Å². The van der Waals surface area contributed by atoms with Gasteiger partial charge < -0.3 is 0 Å². The first-order chi connectivity index (χ1) is 11.9. The van der Waals surface area contributed by atoms with E-state index in [-0.39, 0.29) is 10.8 Å². The van der Waals surface area contributed by atoms with Gasteiger partial charge in [0.05, 0.1) is 6.07 Å². The molecule has 2 nitrogen and oxygen atoms in total. The fourth-order valence-corrected chi connectivity index (χ4v) is 6.69. The largest absolute Gasteiger partial charge is 0.298 e. The molecule has 3 fully saturated rings. The molecule has 0 amide bonds. The van der Waals surface area contributed by atoms with Gasteiger partial charge in [-0.2, -0.15) is 5.26 Å². The summed E-state index contributed by atoms with van der Waals surface area (Å²) in [5.41, 5.74) is 3.44. The van der Waals surface area contributed by atoms with Gasteiger partial charge in [0.25, 0.3) is 0 Å². The third kappa shape index (κ3) is 2.24. The Morgan fingerprint density at radius 2 is 2.08 bits per heavy atom. The van der Waals surface area contributed by atoms with E-state index in [2.05, 4.69) is 38.1 Å². The van der Waals surface area contributed by atoms with Gasteiger partial charge in [-0.15, -0.1) is 0 Å². The van der Waals surface area contributed by atoms with Crippen LogP contribution in [0.3, 0.4) is 0 Å². The maximum absolute atomic E-state index is 13.3. The number of nitrogens with zero attached hydrogens (tertiary/aromatic N) is 1. The Bertz CT molecular complexity index is 749. The van der Waals surface area contributed by atoms with Crippen molar-refractivity contribution in [2.45, 2.75) is 65.7 Å². The molecule has 4 aliphatic carbocycles. The number of nitriles is 1. The summed E-state index contributed by atoms with van der Waals surface area (Å²) in [4.78, 5) is 13.3. The lowest BCUT2D eigenvalue weighted by atomic mass is 9.54. The maximum atomic E-state index is 13.3. The van der Waals surface area contributed by atoms with Crippen LogP contribution in [-0.4, -0.2) is 5.78 Å². The van der Waals surface area contributed by atoms with Crippen LogP contribution in [0, 0.1) is 39.9 Å². The molecule has 0 heterocycles. The average Bonchev–Trinajstić information content (AvgIpc) is 2.82. The molecule has 4 aliphatic rings. The molecule has 3 saturated carbocycles. The molecular weight excluding hydrogens is 306 g/mol. The van der Waals surface area contributed by atoms with Crippen LogP contribution in [-0.2, 0) is 4.79 Å². The monoisotopic (exact) mass is 335 g/mol. The average molecular weight is 335 g/mol. The van der Waals surface area contributed by atoms with Gasteiger partial charge in [0.1, 0.15) is 5.78 Å². The number of allylic oxidation sites excluding steroid dienone is 6. The number of hydrogen-bond acceptors (Lipinski definition) is 2. The highest BCUT2D eigenvalue weighted by molar-refractivity contribution is 5.94. The quantitative estimate of drug-likeness (QED) is 0.592. The van der Waals surface area contributed by atoms with Crippen LogP contribution < -0.4 is 0 Å². The van der Waals surface area contributed by atoms with Gasteiger partial charge in [0.2, 0.25) is 0 Å². The molecule has 0 aliphatic heterocycles. The molecule has 132 valence electrons. The second-order valence-corrected chi connectivity index (χ2v) is 9.09. The van der Waals surface area contributed by atoms with Gasteiger partial charge in [-0.3, -0.25) is 4.79 Å². The highest BCUT2D eigenvalue weighted by atomic mass is 16.1. The topological polar surface area (TPSA) is 40.9 Å². The molecule has 0 bridgehead atoms. The predicted octanol–water partition coefficient (Wildman–Crippen LogP) is 5.52. The number of carbonyl (C=O) groups is 1. The summed E-state index contributed by atoms with van der Waals surface area (Å²) in [6.45, 7) is 6.42. The Kier molecular flexibility index (Phi) is 3.83. The molecule has 0 aromatic heterocycles. The summed E-state index contributed by atoms with van der Waals surface area (Å²) in [5.74, 6) is 2.15. The van der Waals surface area contributed by atoms with Crippen molar-refractivity contribution in [2.24, 2.45) is 28.6 Å². The molecule has 25 heavy (non-hydrogen) atoms. The number of rotatable bonds is 1. The van der Waals surface area contributed by atoms with Crippen molar-refractivity contribution >= 4 is 5.78 Å². The fraction of sp³-hybridized carbons (Fsp3) is 0.652. The third-order valence-electron chi connectivity index (χ3n) is 7.78. The van der Waals surface area contributed by atoms with Crippen LogP contribution in [0.25, 0.3) is 0 Å². The maximum Gasteiger partial charge on any atom is 0.148 e. The molecule has 0 spiro atoms. The first kappa shape index (κ1) is 16.8. The standard InChI is InChI=1S/C23H29NO/c1-4-11-22(2)13-20-19-9-8-16-15(14-24)6-5-7-17(16)18(19)10-12-23(20,3)21(22)25/h4,7,11,18-20H,5-6,8-10,12-13H2,1-3H3/t18?,19?,20?,22-,23-/m0/s1. The molecule has 0 aromatic rings. The highest BCUT2D eigenvalue weighted by Gasteiger charge is 2.61. The number of Topliss-reactive ketones (excluding diaryl/α,β-unsaturated/α-hetero) is 1. The van der Waals surface area contributed by atoms with Crippen molar-refractivity contribution in [1.82, 2.24) is 0 Å². The minimum atomic E-state index is -0.280. The Morgan fingerprint density at radius 1 is 1.28 bits per heavy atom. The first-order valence-corrected chi connectivity index (χ1v) is 9.96. The Hall–Kier alpha value is -1.62. The van der Waals surface area contributed by atoms with Crippen molar-refractivity contribution < 1.29 is 4.79 Å². The smallest absolute Gasteiger partial charge is 0.148 e. The first-order valence-electron chi connectivity index (χ1n) is 9.96. The SMILES string of the molecule is CC=C[C@@]1(C)CC2C3CCC4=C(C#N)CCC=C4C3CC[C@]2(C)C1=O. The molecule has 3 unspecified atom stereocenters. The van der Waals surface area contributed by atoms with Crippen molar-refractivity contribution in [3.8, 4) is 6.07 Å². The van der Waals surface area contributed by atoms with Gasteiger partial charge in [-0.25, -0.2) is 0 Å². The number of hydrogen-bond donors (Lipinski definition) is 0. The number of carbonyl (C=O) groups excluding carboxylic acids is 1. The molecular formula is C23H29NO. The van der Waals surface area contributed by atoms with E-state index in [0.717, 1.165) is 50.5 Å². The van der Waals surface area contributed by atoms with Gasteiger partial charge in [0.15, 0.2) is 0 Å². The fourth-order valence-electron chi connectivity index (χ4n) is 6.69. The van der Waals surface area contributed by atoms with Gasteiger partial charge in [0, 0.05) is 16.4 Å². The zero-order chi connectivity index (χ0) is 17.8. The van der Waals surface area contributed by atoms with Crippen LogP contribution in [0.2, 0.25) is 0 Å². The van der Waals surface area contributed by atoms with Gasteiger partial charge >= 0.3 is 0 Å². The van der Waals surface area contributed by atoms with Crippen LogP contribution in [0.4, 0.5) is 0 Å². The van der Waals surface area contributed by atoms with Crippen LogP contribution in [0.1, 0.15) is 65.7 Å². The van der Waals surface area contributed by atoms with E-state index >= 15 is 0 Å². The summed E-state index contributed by atoms with van der Waals surface area (Å²) in [7, 11) is 0. The molecule has 4 rings (SSSR count). The van der Waals surface area contributed by atoms with Crippen molar-refractivity contribution in [3.05, 3.63) is 34.9 Å². The lowest BCUT2D eigenvalue weighted by Gasteiger charge is -2.49. The summed E-state index contributed by atoms with van der Waals surface area (Å²) < 4.78 is 0. The summed E-state index contributed by atoms with van der Waals surface area (Å²) >= 11 is 0. The zero-order valence-corrected chi connectivity index (χ0v) is 15.8. The molecule has 0 radical (unpaired) electrons. The molecule has 0 N–H and O–H groups in total. The summed E-state index contributed by atoms with van der Waals surface area (Å²) in [5, 5.41) is 9.49. The predicted molar refractivity (Wildman–Crippen MR) is 99.5 cm³/mol. The van der Waals surface area contributed by atoms with Gasteiger partial charge in [-0.1, -0.05) is 25.2 Å². The van der Waals surface area contributed by atoms with E-state index in [1.165, 1.54) is 11.1 Å². The van der Waals surface area contributed by atoms with Gasteiger partial charge in [-0.05, 0) is 87.7 Å². The van der Waals surface area contributed by atoms with Crippen LogP contribution in [0.5, 0.6) is 0 Å². The van der Waals surface area contributed by atoms with E-state index in [0.29, 0.717) is 23.5 Å².